The normalized spacial score (nSPS) is 10.2. The van der Waals surface area contributed by atoms with Gasteiger partial charge in [-0.05, 0) is 12.5 Å². The SMILES string of the molecule is C=C(CCl)Cn1cc(Cl)c(C)n1. The number of allylic oxidation sites excluding steroid dienone is 1. The molecule has 0 saturated carbocycles. The van der Waals surface area contributed by atoms with Crippen molar-refractivity contribution in [1.82, 2.24) is 9.78 Å². The minimum atomic E-state index is 0.455. The van der Waals surface area contributed by atoms with E-state index in [-0.39, 0.29) is 0 Å². The molecule has 1 aromatic heterocycles. The lowest BCUT2D eigenvalue weighted by atomic mass is 10.3. The predicted octanol–water partition coefficient (Wildman–Crippen LogP) is 2.64. The molecule has 12 heavy (non-hydrogen) atoms. The van der Waals surface area contributed by atoms with Crippen molar-refractivity contribution < 1.29 is 0 Å². The maximum Gasteiger partial charge on any atom is 0.0815 e. The van der Waals surface area contributed by atoms with Crippen LogP contribution in [0.3, 0.4) is 0 Å². The lowest BCUT2D eigenvalue weighted by Gasteiger charge is -2.00. The van der Waals surface area contributed by atoms with E-state index in [2.05, 4.69) is 11.7 Å². The zero-order valence-corrected chi connectivity index (χ0v) is 8.36. The number of hydrogen-bond acceptors (Lipinski definition) is 1. The van der Waals surface area contributed by atoms with E-state index >= 15 is 0 Å². The second-order valence-corrected chi connectivity index (χ2v) is 3.32. The fourth-order valence-corrected chi connectivity index (χ4v) is 1.08. The van der Waals surface area contributed by atoms with Crippen molar-refractivity contribution in [2.24, 2.45) is 0 Å². The lowest BCUT2D eigenvalue weighted by Crippen LogP contribution is -2.01. The highest BCUT2D eigenvalue weighted by atomic mass is 35.5. The first kappa shape index (κ1) is 9.62. The molecule has 0 bridgehead atoms. The number of rotatable bonds is 3. The molecule has 0 atom stereocenters. The quantitative estimate of drug-likeness (QED) is 0.547. The Morgan fingerprint density at radius 1 is 1.75 bits per heavy atom. The van der Waals surface area contributed by atoms with Crippen LogP contribution in [0.4, 0.5) is 0 Å². The van der Waals surface area contributed by atoms with E-state index in [1.165, 1.54) is 0 Å². The van der Waals surface area contributed by atoms with Gasteiger partial charge in [-0.2, -0.15) is 5.10 Å². The zero-order chi connectivity index (χ0) is 9.14. The number of alkyl halides is 1. The first-order valence-corrected chi connectivity index (χ1v) is 4.47. The summed E-state index contributed by atoms with van der Waals surface area (Å²) < 4.78 is 1.74. The highest BCUT2D eigenvalue weighted by Crippen LogP contribution is 2.12. The first-order valence-electron chi connectivity index (χ1n) is 3.55. The summed E-state index contributed by atoms with van der Waals surface area (Å²) in [6.45, 7) is 6.27. The summed E-state index contributed by atoms with van der Waals surface area (Å²) in [5.74, 6) is 0.455. The van der Waals surface area contributed by atoms with Gasteiger partial charge in [0, 0.05) is 12.1 Å². The summed E-state index contributed by atoms with van der Waals surface area (Å²) in [5.41, 5.74) is 1.76. The molecule has 1 rings (SSSR count). The molecule has 0 aliphatic carbocycles. The maximum absolute atomic E-state index is 5.81. The van der Waals surface area contributed by atoms with E-state index in [9.17, 15) is 0 Å². The molecular formula is C8H10Cl2N2. The number of aryl methyl sites for hydroxylation is 1. The van der Waals surface area contributed by atoms with E-state index in [1.54, 1.807) is 10.9 Å². The molecule has 1 heterocycles. The molecule has 0 amide bonds. The van der Waals surface area contributed by atoms with E-state index in [0.717, 1.165) is 11.3 Å². The van der Waals surface area contributed by atoms with Gasteiger partial charge < -0.3 is 0 Å². The topological polar surface area (TPSA) is 17.8 Å². The van der Waals surface area contributed by atoms with Gasteiger partial charge in [0.25, 0.3) is 0 Å². The second-order valence-electron chi connectivity index (χ2n) is 2.64. The maximum atomic E-state index is 5.81. The lowest BCUT2D eigenvalue weighted by molar-refractivity contribution is 0.673. The van der Waals surface area contributed by atoms with Crippen molar-refractivity contribution in [3.8, 4) is 0 Å². The van der Waals surface area contributed by atoms with Crippen molar-refractivity contribution in [3.05, 3.63) is 29.1 Å². The molecule has 0 fully saturated rings. The zero-order valence-electron chi connectivity index (χ0n) is 6.85. The Labute approximate surface area is 81.8 Å². The molecule has 0 aliphatic rings. The fourth-order valence-electron chi connectivity index (χ4n) is 0.846. The third-order valence-electron chi connectivity index (χ3n) is 1.46. The van der Waals surface area contributed by atoms with Crippen LogP contribution in [0.25, 0.3) is 0 Å². The molecule has 0 aromatic carbocycles. The molecule has 1 aromatic rings. The van der Waals surface area contributed by atoms with Crippen LogP contribution >= 0.6 is 23.2 Å². The summed E-state index contributed by atoms with van der Waals surface area (Å²) in [6, 6.07) is 0. The Morgan fingerprint density at radius 3 is 2.83 bits per heavy atom. The Kier molecular flexibility index (Phi) is 3.18. The average molecular weight is 205 g/mol. The van der Waals surface area contributed by atoms with Crippen molar-refractivity contribution in [3.63, 3.8) is 0 Å². The Bertz CT molecular complexity index is 272. The number of aromatic nitrogens is 2. The van der Waals surface area contributed by atoms with Gasteiger partial charge in [0.15, 0.2) is 0 Å². The van der Waals surface area contributed by atoms with Gasteiger partial charge in [0.05, 0.1) is 17.3 Å². The molecule has 66 valence electrons. The standard InChI is InChI=1S/C8H10Cl2N2/c1-6(3-9)4-12-5-8(10)7(2)11-12/h5H,1,3-4H2,2H3. The molecule has 2 nitrogen and oxygen atoms in total. The monoisotopic (exact) mass is 204 g/mol. The average Bonchev–Trinajstić information content (AvgIpc) is 2.31. The van der Waals surface area contributed by atoms with Crippen LogP contribution in [0, 0.1) is 6.92 Å². The van der Waals surface area contributed by atoms with Crippen LogP contribution in [0.5, 0.6) is 0 Å². The van der Waals surface area contributed by atoms with Gasteiger partial charge in [-0.3, -0.25) is 4.68 Å². The van der Waals surface area contributed by atoms with Gasteiger partial charge in [-0.1, -0.05) is 18.2 Å². The van der Waals surface area contributed by atoms with Crippen molar-refractivity contribution >= 4 is 23.2 Å². The van der Waals surface area contributed by atoms with Gasteiger partial charge in [-0.25, -0.2) is 0 Å². The largest absolute Gasteiger partial charge is 0.267 e. The van der Waals surface area contributed by atoms with Crippen molar-refractivity contribution in [2.45, 2.75) is 13.5 Å². The van der Waals surface area contributed by atoms with E-state index in [4.69, 9.17) is 23.2 Å². The van der Waals surface area contributed by atoms with Gasteiger partial charge in [-0.15, -0.1) is 11.6 Å². The summed E-state index contributed by atoms with van der Waals surface area (Å²) >= 11 is 11.4. The third-order valence-corrected chi connectivity index (χ3v) is 2.21. The number of hydrogen-bond donors (Lipinski definition) is 0. The van der Waals surface area contributed by atoms with Crippen LogP contribution < -0.4 is 0 Å². The molecular weight excluding hydrogens is 195 g/mol. The summed E-state index contributed by atoms with van der Waals surface area (Å²) in [6.07, 6.45) is 1.77. The van der Waals surface area contributed by atoms with Crippen LogP contribution in [0.1, 0.15) is 5.69 Å². The summed E-state index contributed by atoms with van der Waals surface area (Å²) in [7, 11) is 0. The van der Waals surface area contributed by atoms with Crippen LogP contribution in [-0.2, 0) is 6.54 Å². The van der Waals surface area contributed by atoms with Crippen LogP contribution in [0.15, 0.2) is 18.3 Å². The van der Waals surface area contributed by atoms with E-state index in [1.807, 2.05) is 6.92 Å². The van der Waals surface area contributed by atoms with Gasteiger partial charge in [0.1, 0.15) is 0 Å². The second kappa shape index (κ2) is 3.97. The number of nitrogens with zero attached hydrogens (tertiary/aromatic N) is 2. The van der Waals surface area contributed by atoms with E-state index in [0.29, 0.717) is 17.4 Å². The molecule has 0 radical (unpaired) electrons. The van der Waals surface area contributed by atoms with Crippen LogP contribution in [-0.4, -0.2) is 15.7 Å². The Morgan fingerprint density at radius 2 is 2.42 bits per heavy atom. The summed E-state index contributed by atoms with van der Waals surface area (Å²) in [5, 5.41) is 4.84. The smallest absolute Gasteiger partial charge is 0.0815 e. The first-order chi connectivity index (χ1) is 5.63. The molecule has 0 N–H and O–H groups in total. The molecule has 0 unspecified atom stereocenters. The van der Waals surface area contributed by atoms with Crippen molar-refractivity contribution in [1.29, 1.82) is 0 Å². The summed E-state index contributed by atoms with van der Waals surface area (Å²) in [4.78, 5) is 0. The minimum Gasteiger partial charge on any atom is -0.267 e. The van der Waals surface area contributed by atoms with Gasteiger partial charge in [0.2, 0.25) is 0 Å². The Hall–Kier alpha value is -0.470. The third kappa shape index (κ3) is 2.26. The van der Waals surface area contributed by atoms with Crippen molar-refractivity contribution in [2.75, 3.05) is 5.88 Å². The molecule has 0 aliphatic heterocycles. The van der Waals surface area contributed by atoms with E-state index < -0.39 is 0 Å². The fraction of sp³-hybridized carbons (Fsp3) is 0.375. The molecule has 0 spiro atoms. The minimum absolute atomic E-state index is 0.455. The highest BCUT2D eigenvalue weighted by Gasteiger charge is 2.01. The van der Waals surface area contributed by atoms with Gasteiger partial charge >= 0.3 is 0 Å². The highest BCUT2D eigenvalue weighted by molar-refractivity contribution is 6.31. The predicted molar refractivity (Wildman–Crippen MR) is 51.8 cm³/mol. The Balaban J connectivity index is 2.70. The van der Waals surface area contributed by atoms with Crippen LogP contribution in [0.2, 0.25) is 5.02 Å². The molecule has 4 heteroatoms. The number of halogens is 2. The molecule has 0 saturated heterocycles.